The topological polar surface area (TPSA) is 69.6 Å². The minimum absolute atomic E-state index is 0.305. The minimum Gasteiger partial charge on any atom is -0.394 e. The Balaban J connectivity index is 2.76. The molecule has 1 aromatic carbocycles. The number of amides is 1. The molecule has 4 nitrogen and oxygen atoms in total. The minimum atomic E-state index is -0.648. The van der Waals surface area contributed by atoms with E-state index in [1.807, 2.05) is 0 Å². The van der Waals surface area contributed by atoms with Crippen molar-refractivity contribution in [3.8, 4) is 0 Å². The first-order chi connectivity index (χ1) is 7.58. The number of hydrogen-bond acceptors (Lipinski definition) is 3. The van der Waals surface area contributed by atoms with Gasteiger partial charge < -0.3 is 15.5 Å². The highest BCUT2D eigenvalue weighted by molar-refractivity contribution is 14.1. The molecule has 0 fully saturated rings. The molecule has 0 aliphatic carbocycles. The van der Waals surface area contributed by atoms with Gasteiger partial charge >= 0.3 is 0 Å². The van der Waals surface area contributed by atoms with Crippen molar-refractivity contribution in [3.05, 3.63) is 32.4 Å². The van der Waals surface area contributed by atoms with Crippen molar-refractivity contribution in [2.75, 3.05) is 13.2 Å². The predicted octanol–water partition coefficient (Wildman–Crippen LogP) is 1.03. The molecular formula is C10H11ClINO3. The largest absolute Gasteiger partial charge is 0.394 e. The van der Waals surface area contributed by atoms with E-state index in [0.29, 0.717) is 10.6 Å². The monoisotopic (exact) mass is 355 g/mol. The summed E-state index contributed by atoms with van der Waals surface area (Å²) in [4.78, 5) is 11.6. The van der Waals surface area contributed by atoms with E-state index in [4.69, 9.17) is 21.8 Å². The number of rotatable bonds is 4. The molecular weight excluding hydrogens is 344 g/mol. The van der Waals surface area contributed by atoms with Crippen molar-refractivity contribution in [2.24, 2.45) is 0 Å². The van der Waals surface area contributed by atoms with Crippen LogP contribution in [0.25, 0.3) is 0 Å². The van der Waals surface area contributed by atoms with E-state index in [9.17, 15) is 4.79 Å². The van der Waals surface area contributed by atoms with Gasteiger partial charge in [-0.25, -0.2) is 0 Å². The van der Waals surface area contributed by atoms with Crippen molar-refractivity contribution in [1.29, 1.82) is 0 Å². The summed E-state index contributed by atoms with van der Waals surface area (Å²) in [6.45, 7) is -0.610. The van der Waals surface area contributed by atoms with Gasteiger partial charge in [-0.3, -0.25) is 4.79 Å². The van der Waals surface area contributed by atoms with Gasteiger partial charge in [-0.2, -0.15) is 0 Å². The second kappa shape index (κ2) is 6.39. The lowest BCUT2D eigenvalue weighted by molar-refractivity contribution is 0.0879. The number of nitrogens with one attached hydrogen (secondary N) is 1. The third kappa shape index (κ3) is 3.58. The van der Waals surface area contributed by atoms with Gasteiger partial charge in [0.2, 0.25) is 0 Å². The van der Waals surface area contributed by atoms with E-state index in [1.165, 1.54) is 0 Å². The smallest absolute Gasteiger partial charge is 0.251 e. The quantitative estimate of drug-likeness (QED) is 0.707. The summed E-state index contributed by atoms with van der Waals surface area (Å²) >= 11 is 7.94. The van der Waals surface area contributed by atoms with Crippen LogP contribution in [0.5, 0.6) is 0 Å². The number of aliphatic hydroxyl groups excluding tert-OH is 2. The Morgan fingerprint density at radius 2 is 2.06 bits per heavy atom. The second-order valence-corrected chi connectivity index (χ2v) is 4.73. The average Bonchev–Trinajstić information content (AvgIpc) is 2.29. The maximum absolute atomic E-state index is 11.6. The van der Waals surface area contributed by atoms with Gasteiger partial charge in [-0.1, -0.05) is 11.6 Å². The van der Waals surface area contributed by atoms with Crippen molar-refractivity contribution >= 4 is 40.1 Å². The van der Waals surface area contributed by atoms with Crippen LogP contribution < -0.4 is 5.32 Å². The molecule has 0 atom stereocenters. The molecule has 0 heterocycles. The van der Waals surface area contributed by atoms with Gasteiger partial charge in [0.05, 0.1) is 24.3 Å². The molecule has 0 bridgehead atoms. The van der Waals surface area contributed by atoms with Gasteiger partial charge in [0.1, 0.15) is 0 Å². The van der Waals surface area contributed by atoms with Crippen LogP contribution in [0.3, 0.4) is 0 Å². The molecule has 3 N–H and O–H groups in total. The SMILES string of the molecule is O=C(NC(CO)CO)c1ccc(I)c(Cl)c1. The zero-order valence-corrected chi connectivity index (χ0v) is 11.2. The van der Waals surface area contributed by atoms with Crippen LogP contribution in [0, 0.1) is 3.57 Å². The van der Waals surface area contributed by atoms with Crippen molar-refractivity contribution in [3.63, 3.8) is 0 Å². The van der Waals surface area contributed by atoms with Crippen LogP contribution in [0.15, 0.2) is 18.2 Å². The van der Waals surface area contributed by atoms with E-state index in [1.54, 1.807) is 18.2 Å². The zero-order valence-electron chi connectivity index (χ0n) is 8.28. The van der Waals surface area contributed by atoms with Crippen molar-refractivity contribution in [1.82, 2.24) is 5.32 Å². The zero-order chi connectivity index (χ0) is 12.1. The molecule has 0 aliphatic heterocycles. The van der Waals surface area contributed by atoms with Gasteiger partial charge in [0.25, 0.3) is 5.91 Å². The molecule has 6 heteroatoms. The van der Waals surface area contributed by atoms with Crippen LogP contribution in [0.1, 0.15) is 10.4 Å². The molecule has 0 unspecified atom stereocenters. The average molecular weight is 356 g/mol. The second-order valence-electron chi connectivity index (χ2n) is 3.16. The van der Waals surface area contributed by atoms with Crippen molar-refractivity contribution in [2.45, 2.75) is 6.04 Å². The molecule has 0 aromatic heterocycles. The van der Waals surface area contributed by atoms with Crippen molar-refractivity contribution < 1.29 is 15.0 Å². The molecule has 1 amide bonds. The van der Waals surface area contributed by atoms with E-state index in [-0.39, 0.29) is 19.1 Å². The molecule has 0 spiro atoms. The Kier molecular flexibility index (Phi) is 5.47. The Bertz CT molecular complexity index is 382. The van der Waals surface area contributed by atoms with E-state index in [2.05, 4.69) is 27.9 Å². The Morgan fingerprint density at radius 3 is 2.56 bits per heavy atom. The lowest BCUT2D eigenvalue weighted by Gasteiger charge is -2.13. The number of aliphatic hydroxyl groups is 2. The van der Waals surface area contributed by atoms with Crippen LogP contribution in [-0.2, 0) is 0 Å². The molecule has 0 saturated carbocycles. The first kappa shape index (κ1) is 13.7. The van der Waals surface area contributed by atoms with Crippen LogP contribution in [0.4, 0.5) is 0 Å². The molecule has 88 valence electrons. The first-order valence-corrected chi connectivity index (χ1v) is 6.01. The fraction of sp³-hybridized carbons (Fsp3) is 0.300. The molecule has 0 radical (unpaired) electrons. The number of hydrogen-bond donors (Lipinski definition) is 3. The maximum Gasteiger partial charge on any atom is 0.251 e. The number of carbonyl (C=O) groups excluding carboxylic acids is 1. The third-order valence-corrected chi connectivity index (χ3v) is 3.53. The lowest BCUT2D eigenvalue weighted by atomic mass is 10.2. The summed E-state index contributed by atoms with van der Waals surface area (Å²) in [5, 5.41) is 20.6. The maximum atomic E-state index is 11.6. The highest BCUT2D eigenvalue weighted by atomic mass is 127. The summed E-state index contributed by atoms with van der Waals surface area (Å²) in [6, 6.07) is 4.26. The Hall–Kier alpha value is -0.370. The summed E-state index contributed by atoms with van der Waals surface area (Å²) in [6.07, 6.45) is 0. The predicted molar refractivity (Wildman–Crippen MR) is 69.6 cm³/mol. The molecule has 16 heavy (non-hydrogen) atoms. The van der Waals surface area contributed by atoms with Crippen LogP contribution >= 0.6 is 34.2 Å². The highest BCUT2D eigenvalue weighted by Crippen LogP contribution is 2.19. The van der Waals surface area contributed by atoms with Crippen LogP contribution in [-0.4, -0.2) is 35.4 Å². The number of carbonyl (C=O) groups is 1. The van der Waals surface area contributed by atoms with Crippen LogP contribution in [0.2, 0.25) is 5.02 Å². The van der Waals surface area contributed by atoms with Gasteiger partial charge in [0, 0.05) is 9.13 Å². The fourth-order valence-corrected chi connectivity index (χ4v) is 1.57. The third-order valence-electron chi connectivity index (χ3n) is 1.96. The van der Waals surface area contributed by atoms with Gasteiger partial charge in [-0.05, 0) is 40.8 Å². The molecule has 1 rings (SSSR count). The summed E-state index contributed by atoms with van der Waals surface area (Å²) in [7, 11) is 0. The summed E-state index contributed by atoms with van der Waals surface area (Å²) in [5.74, 6) is -0.369. The fourth-order valence-electron chi connectivity index (χ4n) is 1.06. The normalized spacial score (nSPS) is 10.6. The van der Waals surface area contributed by atoms with E-state index >= 15 is 0 Å². The summed E-state index contributed by atoms with van der Waals surface area (Å²) < 4.78 is 0.858. The van der Waals surface area contributed by atoms with E-state index in [0.717, 1.165) is 3.57 Å². The molecule has 0 saturated heterocycles. The standard InChI is InChI=1S/C10H11ClINO3/c11-8-3-6(1-2-9(8)12)10(16)13-7(4-14)5-15/h1-3,7,14-15H,4-5H2,(H,13,16). The van der Waals surface area contributed by atoms with Gasteiger partial charge in [-0.15, -0.1) is 0 Å². The highest BCUT2D eigenvalue weighted by Gasteiger charge is 2.12. The van der Waals surface area contributed by atoms with Gasteiger partial charge in [0.15, 0.2) is 0 Å². The number of halogens is 2. The first-order valence-electron chi connectivity index (χ1n) is 4.56. The molecule has 1 aromatic rings. The summed E-state index contributed by atoms with van der Waals surface area (Å²) in [5.41, 5.74) is 0.400. The Morgan fingerprint density at radius 1 is 1.44 bits per heavy atom. The van der Waals surface area contributed by atoms with E-state index < -0.39 is 6.04 Å². The number of benzene rings is 1. The lowest BCUT2D eigenvalue weighted by Crippen LogP contribution is -2.40. The molecule has 0 aliphatic rings. The Labute approximate surface area is 112 Å².